The van der Waals surface area contributed by atoms with E-state index in [4.69, 9.17) is 0 Å². The average molecular weight is 224 g/mol. The highest BCUT2D eigenvalue weighted by atomic mass is 32.2. The van der Waals surface area contributed by atoms with Crippen LogP contribution in [0.3, 0.4) is 0 Å². The molecule has 0 unspecified atom stereocenters. The molecule has 0 atom stereocenters. The molecular weight excluding hydrogens is 212 g/mol. The first-order valence-electron chi connectivity index (χ1n) is 4.82. The molecule has 0 aliphatic carbocycles. The van der Waals surface area contributed by atoms with Gasteiger partial charge in [0.05, 0.1) is 0 Å². The van der Waals surface area contributed by atoms with Crippen molar-refractivity contribution in [2.75, 3.05) is 24.6 Å². The third-order valence-corrected chi connectivity index (χ3v) is 3.62. The van der Waals surface area contributed by atoms with Gasteiger partial charge in [-0.1, -0.05) is 6.07 Å². The number of pyridine rings is 1. The molecule has 0 N–H and O–H groups in total. The summed E-state index contributed by atoms with van der Waals surface area (Å²) >= 11 is 0. The highest BCUT2D eigenvalue weighted by Gasteiger charge is 2.21. The number of rotatable bonds is 1. The van der Waals surface area contributed by atoms with Gasteiger partial charge in [0.15, 0.2) is 0 Å². The fraction of sp³-hybridized carbons (Fsp3) is 0.400. The molecule has 1 fully saturated rings. The van der Waals surface area contributed by atoms with Gasteiger partial charge >= 0.3 is 0 Å². The van der Waals surface area contributed by atoms with Gasteiger partial charge in [0.1, 0.15) is 5.69 Å². The molecule has 0 radical (unpaired) electrons. The van der Waals surface area contributed by atoms with Crippen LogP contribution < -0.4 is 0 Å². The Morgan fingerprint density at radius 2 is 2.07 bits per heavy atom. The van der Waals surface area contributed by atoms with Crippen LogP contribution in [0.15, 0.2) is 24.4 Å². The van der Waals surface area contributed by atoms with Gasteiger partial charge in [0.25, 0.3) is 5.91 Å². The normalized spacial score (nSPS) is 17.7. The fourth-order valence-electron chi connectivity index (χ4n) is 1.49. The molecule has 0 saturated carbocycles. The summed E-state index contributed by atoms with van der Waals surface area (Å²) in [4.78, 5) is 17.6. The number of hydrogen-bond acceptors (Lipinski definition) is 3. The molecule has 1 aromatic heterocycles. The van der Waals surface area contributed by atoms with Gasteiger partial charge in [-0.3, -0.25) is 14.0 Å². The third kappa shape index (κ3) is 2.41. The van der Waals surface area contributed by atoms with E-state index in [1.807, 2.05) is 0 Å². The summed E-state index contributed by atoms with van der Waals surface area (Å²) in [6, 6.07) is 5.28. The van der Waals surface area contributed by atoms with Crippen molar-refractivity contribution in [3.63, 3.8) is 0 Å². The van der Waals surface area contributed by atoms with E-state index in [9.17, 15) is 9.00 Å². The van der Waals surface area contributed by atoms with Crippen molar-refractivity contribution >= 4 is 16.7 Å². The summed E-state index contributed by atoms with van der Waals surface area (Å²) in [5, 5.41) is 0. The van der Waals surface area contributed by atoms with Gasteiger partial charge in [-0.25, -0.2) is 0 Å². The highest BCUT2D eigenvalue weighted by molar-refractivity contribution is 7.85. The van der Waals surface area contributed by atoms with Crippen molar-refractivity contribution in [1.82, 2.24) is 9.88 Å². The lowest BCUT2D eigenvalue weighted by Crippen LogP contribution is -2.42. The Hall–Kier alpha value is -1.23. The summed E-state index contributed by atoms with van der Waals surface area (Å²) in [7, 11) is -0.748. The maximum absolute atomic E-state index is 11.9. The Balaban J connectivity index is 2.06. The number of hydrogen-bond donors (Lipinski definition) is 0. The molecule has 1 aliphatic rings. The Kier molecular flexibility index (Phi) is 3.11. The molecule has 15 heavy (non-hydrogen) atoms. The monoisotopic (exact) mass is 224 g/mol. The molecule has 2 heterocycles. The number of aromatic nitrogens is 1. The van der Waals surface area contributed by atoms with E-state index >= 15 is 0 Å². The van der Waals surface area contributed by atoms with E-state index < -0.39 is 10.8 Å². The van der Waals surface area contributed by atoms with Crippen LogP contribution in [0.2, 0.25) is 0 Å². The van der Waals surface area contributed by atoms with Crippen molar-refractivity contribution < 1.29 is 9.00 Å². The molecule has 5 heteroatoms. The van der Waals surface area contributed by atoms with Crippen LogP contribution in [0.1, 0.15) is 10.5 Å². The van der Waals surface area contributed by atoms with E-state index in [0.29, 0.717) is 30.3 Å². The Morgan fingerprint density at radius 1 is 1.33 bits per heavy atom. The van der Waals surface area contributed by atoms with Crippen LogP contribution in [0, 0.1) is 0 Å². The molecule has 80 valence electrons. The second-order valence-electron chi connectivity index (χ2n) is 3.36. The summed E-state index contributed by atoms with van der Waals surface area (Å²) in [6.07, 6.45) is 1.61. The van der Waals surface area contributed by atoms with Crippen LogP contribution in [0.4, 0.5) is 0 Å². The van der Waals surface area contributed by atoms with Gasteiger partial charge in [0.2, 0.25) is 0 Å². The zero-order chi connectivity index (χ0) is 10.7. The topological polar surface area (TPSA) is 50.3 Å². The third-order valence-electron chi connectivity index (χ3n) is 2.35. The molecular formula is C10H12N2O2S. The zero-order valence-electron chi connectivity index (χ0n) is 8.26. The molecule has 1 saturated heterocycles. The van der Waals surface area contributed by atoms with E-state index in [-0.39, 0.29) is 5.91 Å². The Labute approximate surface area is 90.8 Å². The Bertz CT molecular complexity index is 370. The fourth-order valence-corrected chi connectivity index (χ4v) is 2.54. The average Bonchev–Trinajstić information content (AvgIpc) is 2.30. The lowest BCUT2D eigenvalue weighted by molar-refractivity contribution is 0.0765. The quantitative estimate of drug-likeness (QED) is 0.688. The lowest BCUT2D eigenvalue weighted by Gasteiger charge is -2.25. The van der Waals surface area contributed by atoms with E-state index in [2.05, 4.69) is 4.98 Å². The molecule has 0 aromatic carbocycles. The first-order chi connectivity index (χ1) is 7.27. The number of nitrogens with zero attached hydrogens (tertiary/aromatic N) is 2. The van der Waals surface area contributed by atoms with E-state index in [0.717, 1.165) is 0 Å². The SMILES string of the molecule is O=C(c1ccccn1)N1CCS(=O)CC1. The Morgan fingerprint density at radius 3 is 2.67 bits per heavy atom. The standard InChI is InChI=1S/C10H12N2O2S/c13-10(9-3-1-2-4-11-9)12-5-7-15(14)8-6-12/h1-4H,5-8H2. The second-order valence-corrected chi connectivity index (χ2v) is 5.05. The predicted octanol–water partition coefficient (Wildman–Crippen LogP) is 0.286. The number of carbonyl (C=O) groups excluding carboxylic acids is 1. The largest absolute Gasteiger partial charge is 0.335 e. The van der Waals surface area contributed by atoms with Crippen molar-refractivity contribution in [3.8, 4) is 0 Å². The molecule has 1 aromatic rings. The van der Waals surface area contributed by atoms with Crippen LogP contribution >= 0.6 is 0 Å². The molecule has 4 nitrogen and oxygen atoms in total. The smallest absolute Gasteiger partial charge is 0.272 e. The molecule has 1 aliphatic heterocycles. The van der Waals surface area contributed by atoms with Gasteiger partial charge in [-0.2, -0.15) is 0 Å². The van der Waals surface area contributed by atoms with Crippen molar-refractivity contribution in [1.29, 1.82) is 0 Å². The molecule has 0 spiro atoms. The summed E-state index contributed by atoms with van der Waals surface area (Å²) in [6.45, 7) is 1.14. The van der Waals surface area contributed by atoms with Crippen molar-refractivity contribution in [3.05, 3.63) is 30.1 Å². The van der Waals surface area contributed by atoms with E-state index in [1.165, 1.54) is 0 Å². The minimum absolute atomic E-state index is 0.0627. The van der Waals surface area contributed by atoms with Gasteiger partial charge < -0.3 is 4.90 Å². The summed E-state index contributed by atoms with van der Waals surface area (Å²) in [5.41, 5.74) is 0.463. The summed E-state index contributed by atoms with van der Waals surface area (Å²) in [5.74, 6) is 1.10. The first-order valence-corrected chi connectivity index (χ1v) is 6.31. The summed E-state index contributed by atoms with van der Waals surface area (Å²) < 4.78 is 11.1. The van der Waals surface area contributed by atoms with Crippen molar-refractivity contribution in [2.45, 2.75) is 0 Å². The van der Waals surface area contributed by atoms with Gasteiger partial charge in [-0.05, 0) is 12.1 Å². The molecule has 1 amide bonds. The second kappa shape index (κ2) is 4.53. The van der Waals surface area contributed by atoms with Gasteiger partial charge in [0, 0.05) is 41.6 Å². The van der Waals surface area contributed by atoms with Crippen molar-refractivity contribution in [2.24, 2.45) is 0 Å². The van der Waals surface area contributed by atoms with Gasteiger partial charge in [-0.15, -0.1) is 0 Å². The van der Waals surface area contributed by atoms with Crippen LogP contribution in [0.25, 0.3) is 0 Å². The molecule has 2 rings (SSSR count). The maximum atomic E-state index is 11.9. The van der Waals surface area contributed by atoms with Crippen LogP contribution in [0.5, 0.6) is 0 Å². The highest BCUT2D eigenvalue weighted by Crippen LogP contribution is 2.05. The number of carbonyl (C=O) groups is 1. The lowest BCUT2D eigenvalue weighted by atomic mass is 10.3. The zero-order valence-corrected chi connectivity index (χ0v) is 9.07. The minimum atomic E-state index is -0.748. The van der Waals surface area contributed by atoms with Crippen LogP contribution in [-0.2, 0) is 10.8 Å². The van der Waals surface area contributed by atoms with Crippen LogP contribution in [-0.4, -0.2) is 44.6 Å². The predicted molar refractivity (Wildman–Crippen MR) is 58.0 cm³/mol. The maximum Gasteiger partial charge on any atom is 0.272 e. The molecule has 0 bridgehead atoms. The minimum Gasteiger partial charge on any atom is -0.335 e. The number of amides is 1. The first kappa shape index (κ1) is 10.3. The van der Waals surface area contributed by atoms with E-state index in [1.54, 1.807) is 29.3 Å².